The summed E-state index contributed by atoms with van der Waals surface area (Å²) in [7, 11) is 0. The molecule has 240 valence electrons. The van der Waals surface area contributed by atoms with Gasteiger partial charge in [0.25, 0.3) is 0 Å². The van der Waals surface area contributed by atoms with Crippen LogP contribution in [0.25, 0.3) is 44.5 Å². The first-order valence-corrected chi connectivity index (χ1v) is 18.1. The Bertz CT molecular complexity index is 2780. The molecule has 0 radical (unpaired) electrons. The molecule has 0 atom stereocenters. The number of benzene rings is 8. The van der Waals surface area contributed by atoms with Crippen LogP contribution in [0, 0.1) is 0 Å². The van der Waals surface area contributed by atoms with E-state index in [9.17, 15) is 4.79 Å². The Morgan fingerprint density at radius 3 is 0.981 bits per heavy atom. The SMILES string of the molecule is O=C(c1ccc2c(c1)-c1ccccc1C21c2ccccc2-c2ccccc21)c1ccc2c(c1)C1(c3ccccc3-c3ccccc31)c1ccccc1-2. The minimum Gasteiger partial charge on any atom is -0.289 e. The first kappa shape index (κ1) is 28.2. The highest BCUT2D eigenvalue weighted by molar-refractivity contribution is 6.11. The summed E-state index contributed by atoms with van der Waals surface area (Å²) < 4.78 is 0. The molecule has 52 heavy (non-hydrogen) atoms. The van der Waals surface area contributed by atoms with E-state index in [0.29, 0.717) is 11.1 Å². The van der Waals surface area contributed by atoms with Crippen LogP contribution in [0.15, 0.2) is 182 Å². The van der Waals surface area contributed by atoms with Crippen LogP contribution in [-0.2, 0) is 10.8 Å². The van der Waals surface area contributed by atoms with Crippen molar-refractivity contribution in [3.05, 3.63) is 238 Å². The predicted molar refractivity (Wildman–Crippen MR) is 209 cm³/mol. The van der Waals surface area contributed by atoms with E-state index in [2.05, 4.69) is 176 Å². The molecule has 0 aliphatic heterocycles. The van der Waals surface area contributed by atoms with Crippen molar-refractivity contribution >= 4 is 5.78 Å². The van der Waals surface area contributed by atoms with Crippen molar-refractivity contribution in [1.82, 2.24) is 0 Å². The van der Waals surface area contributed by atoms with Gasteiger partial charge in [-0.05, 0) is 101 Å². The molecule has 0 saturated heterocycles. The second-order valence-electron chi connectivity index (χ2n) is 14.6. The van der Waals surface area contributed by atoms with Crippen LogP contribution in [0.4, 0.5) is 0 Å². The number of carbonyl (C=O) groups excluding carboxylic acids is 1. The molecule has 8 aromatic rings. The fourth-order valence-electron chi connectivity index (χ4n) is 10.6. The summed E-state index contributed by atoms with van der Waals surface area (Å²) in [4.78, 5) is 14.8. The monoisotopic (exact) mass is 658 g/mol. The Hall–Kier alpha value is -6.57. The van der Waals surface area contributed by atoms with Gasteiger partial charge in [0, 0.05) is 11.1 Å². The molecule has 8 aromatic carbocycles. The third-order valence-electron chi connectivity index (χ3n) is 12.5. The molecule has 0 unspecified atom stereocenters. The zero-order valence-corrected chi connectivity index (χ0v) is 28.2. The van der Waals surface area contributed by atoms with Crippen molar-refractivity contribution in [2.45, 2.75) is 10.8 Å². The summed E-state index contributed by atoms with van der Waals surface area (Å²) in [6, 6.07) is 65.8. The van der Waals surface area contributed by atoms with Crippen LogP contribution < -0.4 is 0 Å². The molecule has 1 nitrogen and oxygen atoms in total. The lowest BCUT2D eigenvalue weighted by atomic mass is 9.70. The number of fused-ring (bicyclic) bond motifs is 20. The first-order valence-electron chi connectivity index (χ1n) is 18.1. The van der Waals surface area contributed by atoms with Crippen molar-refractivity contribution in [1.29, 1.82) is 0 Å². The lowest BCUT2D eigenvalue weighted by Gasteiger charge is -2.30. The second kappa shape index (κ2) is 9.81. The average Bonchev–Trinajstić information content (AvgIpc) is 3.89. The van der Waals surface area contributed by atoms with E-state index in [4.69, 9.17) is 0 Å². The molecule has 12 rings (SSSR count). The topological polar surface area (TPSA) is 17.1 Å². The fourth-order valence-corrected chi connectivity index (χ4v) is 10.6. The van der Waals surface area contributed by atoms with E-state index in [1.807, 2.05) is 6.07 Å². The van der Waals surface area contributed by atoms with Gasteiger partial charge in [-0.3, -0.25) is 4.79 Å². The number of ketones is 1. The molecule has 4 aliphatic rings. The van der Waals surface area contributed by atoms with Crippen LogP contribution in [0.1, 0.15) is 60.4 Å². The normalized spacial score (nSPS) is 14.9. The molecule has 0 heterocycles. The highest BCUT2D eigenvalue weighted by atomic mass is 16.1. The zero-order valence-electron chi connectivity index (χ0n) is 28.2. The Balaban J connectivity index is 1.06. The van der Waals surface area contributed by atoms with Gasteiger partial charge in [0.05, 0.1) is 10.8 Å². The van der Waals surface area contributed by atoms with Gasteiger partial charge in [0.15, 0.2) is 5.78 Å². The van der Waals surface area contributed by atoms with Gasteiger partial charge in [0.1, 0.15) is 0 Å². The highest BCUT2D eigenvalue weighted by Crippen LogP contribution is 2.64. The first-order chi connectivity index (χ1) is 25.7. The molecule has 0 bridgehead atoms. The highest BCUT2D eigenvalue weighted by Gasteiger charge is 2.53. The third kappa shape index (κ3) is 3.15. The van der Waals surface area contributed by atoms with E-state index < -0.39 is 10.8 Å². The van der Waals surface area contributed by atoms with Crippen molar-refractivity contribution < 1.29 is 4.79 Å². The van der Waals surface area contributed by atoms with E-state index >= 15 is 0 Å². The Kier molecular flexibility index (Phi) is 5.31. The maximum Gasteiger partial charge on any atom is 0.193 e. The van der Waals surface area contributed by atoms with E-state index in [1.54, 1.807) is 0 Å². The van der Waals surface area contributed by atoms with Crippen LogP contribution in [0.2, 0.25) is 0 Å². The maximum atomic E-state index is 14.8. The smallest absolute Gasteiger partial charge is 0.193 e. The van der Waals surface area contributed by atoms with Crippen LogP contribution in [0.5, 0.6) is 0 Å². The second-order valence-corrected chi connectivity index (χ2v) is 14.6. The Labute approximate surface area is 302 Å². The van der Waals surface area contributed by atoms with Crippen LogP contribution >= 0.6 is 0 Å². The van der Waals surface area contributed by atoms with Gasteiger partial charge in [-0.2, -0.15) is 0 Å². The summed E-state index contributed by atoms with van der Waals surface area (Å²) in [5.74, 6) is 0.0435. The Morgan fingerprint density at radius 1 is 0.269 bits per heavy atom. The predicted octanol–water partition coefficient (Wildman–Crippen LogP) is 11.6. The minimum absolute atomic E-state index is 0.0435. The molecule has 0 N–H and O–H groups in total. The largest absolute Gasteiger partial charge is 0.289 e. The molecular formula is C51H30O. The number of rotatable bonds is 2. The molecule has 1 heteroatoms. The number of carbonyl (C=O) groups is 1. The fraction of sp³-hybridized carbons (Fsp3) is 0.0392. The lowest BCUT2D eigenvalue weighted by molar-refractivity contribution is 0.103. The van der Waals surface area contributed by atoms with Gasteiger partial charge < -0.3 is 0 Å². The quantitative estimate of drug-likeness (QED) is 0.169. The minimum atomic E-state index is -0.484. The molecule has 2 spiro atoms. The molecular weight excluding hydrogens is 629 g/mol. The average molecular weight is 659 g/mol. The van der Waals surface area contributed by atoms with Crippen LogP contribution in [-0.4, -0.2) is 5.78 Å². The van der Waals surface area contributed by atoms with Crippen molar-refractivity contribution in [2.75, 3.05) is 0 Å². The Morgan fingerprint density at radius 2 is 0.558 bits per heavy atom. The third-order valence-corrected chi connectivity index (χ3v) is 12.5. The van der Waals surface area contributed by atoms with Gasteiger partial charge in [0.2, 0.25) is 0 Å². The summed E-state index contributed by atoms with van der Waals surface area (Å²) in [5, 5.41) is 0. The standard InChI is InChI=1S/C51H30O/c52-49(31-26-28-47-40(29-31)38-18-6-12-24-46(38)50(47)41-19-7-1-13-33(41)34-14-2-8-20-42(34)50)32-25-27-39-37-17-5-11-23-45(37)51(48(39)30-32)43-21-9-3-15-35(43)36-16-4-10-22-44(36)51/h1-30H. The molecule has 0 saturated carbocycles. The molecule has 0 aromatic heterocycles. The van der Waals surface area contributed by atoms with Gasteiger partial charge in [-0.25, -0.2) is 0 Å². The van der Waals surface area contributed by atoms with E-state index in [1.165, 1.54) is 83.5 Å². The van der Waals surface area contributed by atoms with Gasteiger partial charge in [-0.1, -0.05) is 170 Å². The zero-order chi connectivity index (χ0) is 34.2. The van der Waals surface area contributed by atoms with Crippen molar-refractivity contribution in [3.8, 4) is 44.5 Å². The van der Waals surface area contributed by atoms with E-state index in [-0.39, 0.29) is 5.78 Å². The summed E-state index contributed by atoms with van der Waals surface area (Å²) in [5.41, 5.74) is 20.5. The van der Waals surface area contributed by atoms with Crippen LogP contribution in [0.3, 0.4) is 0 Å². The van der Waals surface area contributed by atoms with Crippen molar-refractivity contribution in [2.24, 2.45) is 0 Å². The number of hydrogen-bond donors (Lipinski definition) is 0. The molecule has 4 aliphatic carbocycles. The maximum absolute atomic E-state index is 14.8. The van der Waals surface area contributed by atoms with E-state index in [0.717, 1.165) is 5.56 Å². The van der Waals surface area contributed by atoms with Gasteiger partial charge in [-0.15, -0.1) is 0 Å². The summed E-state index contributed by atoms with van der Waals surface area (Å²) in [6.07, 6.45) is 0. The lowest BCUT2D eigenvalue weighted by Crippen LogP contribution is -2.26. The van der Waals surface area contributed by atoms with Gasteiger partial charge >= 0.3 is 0 Å². The summed E-state index contributed by atoms with van der Waals surface area (Å²) in [6.45, 7) is 0. The molecule has 0 fully saturated rings. The number of hydrogen-bond acceptors (Lipinski definition) is 1. The summed E-state index contributed by atoms with van der Waals surface area (Å²) >= 11 is 0. The molecule has 0 amide bonds. The van der Waals surface area contributed by atoms with Crippen molar-refractivity contribution in [3.63, 3.8) is 0 Å².